The normalized spacial score (nSPS) is 13.6. The predicted octanol–water partition coefficient (Wildman–Crippen LogP) is 4.06. The van der Waals surface area contributed by atoms with Crippen LogP contribution in [-0.4, -0.2) is 31.6 Å². The zero-order chi connectivity index (χ0) is 16.8. The van der Waals surface area contributed by atoms with Crippen LogP contribution in [0.1, 0.15) is 29.4 Å². The lowest BCUT2D eigenvalue weighted by Gasteiger charge is -2.24. The van der Waals surface area contributed by atoms with E-state index in [-0.39, 0.29) is 18.1 Å². The second-order valence-electron chi connectivity index (χ2n) is 5.59. The molecule has 0 aliphatic rings. The van der Waals surface area contributed by atoms with Gasteiger partial charge in [0.25, 0.3) is 0 Å². The van der Waals surface area contributed by atoms with Gasteiger partial charge in [-0.2, -0.15) is 0 Å². The highest BCUT2D eigenvalue weighted by atomic mass is 35.5. The summed E-state index contributed by atoms with van der Waals surface area (Å²) in [6.07, 6.45) is 0. The Labute approximate surface area is 146 Å². The molecule has 1 aromatic heterocycles. The molecule has 4 nitrogen and oxygen atoms in total. The number of halogens is 1. The monoisotopic (exact) mass is 351 g/mol. The molecular formula is C17H22ClN3OS. The van der Waals surface area contributed by atoms with E-state index in [0.717, 1.165) is 5.56 Å². The molecule has 6 heteroatoms. The minimum atomic E-state index is -0.194. The maximum atomic E-state index is 12.2. The van der Waals surface area contributed by atoms with Crippen LogP contribution in [0.5, 0.6) is 0 Å². The topological polar surface area (TPSA) is 44.4 Å². The number of rotatable bonds is 6. The SMILES string of the molecule is CC(NC(=O)NCC(c1cccs1)N(C)C)c1ccccc1Cl. The number of carbonyl (C=O) groups excluding carboxylic acids is 1. The second-order valence-corrected chi connectivity index (χ2v) is 6.98. The molecule has 2 N–H and O–H groups in total. The third-order valence-corrected chi connectivity index (χ3v) is 4.99. The van der Waals surface area contributed by atoms with Crippen molar-refractivity contribution < 1.29 is 4.79 Å². The Balaban J connectivity index is 1.90. The first-order valence-electron chi connectivity index (χ1n) is 7.47. The summed E-state index contributed by atoms with van der Waals surface area (Å²) < 4.78 is 0. The van der Waals surface area contributed by atoms with E-state index in [0.29, 0.717) is 11.6 Å². The van der Waals surface area contributed by atoms with Crippen molar-refractivity contribution >= 4 is 29.0 Å². The summed E-state index contributed by atoms with van der Waals surface area (Å²) in [7, 11) is 4.02. The number of hydrogen-bond donors (Lipinski definition) is 2. The lowest BCUT2D eigenvalue weighted by atomic mass is 10.1. The minimum Gasteiger partial charge on any atom is -0.336 e. The van der Waals surface area contributed by atoms with Crippen LogP contribution in [0.15, 0.2) is 41.8 Å². The Morgan fingerprint density at radius 3 is 2.61 bits per heavy atom. The molecular weight excluding hydrogens is 330 g/mol. The number of benzene rings is 1. The molecule has 1 aromatic carbocycles. The van der Waals surface area contributed by atoms with Gasteiger partial charge in [0.15, 0.2) is 0 Å². The molecule has 2 amide bonds. The van der Waals surface area contributed by atoms with Gasteiger partial charge in [-0.3, -0.25) is 0 Å². The first kappa shape index (κ1) is 17.8. The molecule has 2 unspecified atom stereocenters. The van der Waals surface area contributed by atoms with Crippen LogP contribution in [0.25, 0.3) is 0 Å². The summed E-state index contributed by atoms with van der Waals surface area (Å²) in [6, 6.07) is 11.5. The van der Waals surface area contributed by atoms with E-state index in [1.807, 2.05) is 56.7 Å². The summed E-state index contributed by atoms with van der Waals surface area (Å²) in [6.45, 7) is 2.47. The highest BCUT2D eigenvalue weighted by Gasteiger charge is 2.17. The Morgan fingerprint density at radius 1 is 1.26 bits per heavy atom. The van der Waals surface area contributed by atoms with Crippen LogP contribution in [0.3, 0.4) is 0 Å². The molecule has 124 valence electrons. The fourth-order valence-electron chi connectivity index (χ4n) is 2.36. The van der Waals surface area contributed by atoms with Crippen LogP contribution in [-0.2, 0) is 0 Å². The van der Waals surface area contributed by atoms with Gasteiger partial charge in [0.05, 0.1) is 12.1 Å². The lowest BCUT2D eigenvalue weighted by molar-refractivity contribution is 0.230. The largest absolute Gasteiger partial charge is 0.336 e. The minimum absolute atomic E-state index is 0.150. The number of carbonyl (C=O) groups is 1. The van der Waals surface area contributed by atoms with E-state index < -0.39 is 0 Å². The molecule has 0 saturated heterocycles. The van der Waals surface area contributed by atoms with Crippen molar-refractivity contribution in [3.8, 4) is 0 Å². The number of nitrogens with zero attached hydrogens (tertiary/aromatic N) is 1. The molecule has 1 heterocycles. The first-order valence-corrected chi connectivity index (χ1v) is 8.73. The van der Waals surface area contributed by atoms with E-state index in [4.69, 9.17) is 11.6 Å². The standard InChI is InChI=1S/C17H22ClN3OS/c1-12(13-7-4-5-8-14(13)18)20-17(22)19-11-15(21(2)3)16-9-6-10-23-16/h4-10,12,15H,11H2,1-3H3,(H2,19,20,22). The van der Waals surface area contributed by atoms with E-state index in [9.17, 15) is 4.79 Å². The number of hydrogen-bond acceptors (Lipinski definition) is 3. The zero-order valence-electron chi connectivity index (χ0n) is 13.5. The molecule has 2 atom stereocenters. The van der Waals surface area contributed by atoms with Gasteiger partial charge in [0.2, 0.25) is 0 Å². The van der Waals surface area contributed by atoms with Crippen molar-refractivity contribution in [1.82, 2.24) is 15.5 Å². The smallest absolute Gasteiger partial charge is 0.315 e. The average molecular weight is 352 g/mol. The zero-order valence-corrected chi connectivity index (χ0v) is 15.1. The summed E-state index contributed by atoms with van der Waals surface area (Å²) in [5.41, 5.74) is 0.909. The molecule has 0 saturated carbocycles. The van der Waals surface area contributed by atoms with Crippen molar-refractivity contribution in [3.63, 3.8) is 0 Å². The number of amides is 2. The Hall–Kier alpha value is -1.56. The van der Waals surface area contributed by atoms with Crippen LogP contribution < -0.4 is 10.6 Å². The van der Waals surface area contributed by atoms with E-state index in [1.54, 1.807) is 11.3 Å². The predicted molar refractivity (Wildman–Crippen MR) is 97.1 cm³/mol. The van der Waals surface area contributed by atoms with Gasteiger partial charge in [-0.1, -0.05) is 35.9 Å². The first-order chi connectivity index (χ1) is 11.0. The Morgan fingerprint density at radius 2 is 2.00 bits per heavy atom. The van der Waals surface area contributed by atoms with Crippen molar-refractivity contribution in [2.75, 3.05) is 20.6 Å². The highest BCUT2D eigenvalue weighted by Crippen LogP contribution is 2.23. The molecule has 0 spiro atoms. The molecule has 0 radical (unpaired) electrons. The van der Waals surface area contributed by atoms with Gasteiger partial charge in [0.1, 0.15) is 0 Å². The highest BCUT2D eigenvalue weighted by molar-refractivity contribution is 7.10. The maximum absolute atomic E-state index is 12.2. The molecule has 0 fully saturated rings. The molecule has 0 aliphatic heterocycles. The summed E-state index contributed by atoms with van der Waals surface area (Å²) in [4.78, 5) is 15.5. The number of nitrogens with one attached hydrogen (secondary N) is 2. The number of likely N-dealkylation sites (N-methyl/N-ethyl adjacent to an activating group) is 1. The Kier molecular flexibility index (Phi) is 6.45. The van der Waals surface area contributed by atoms with Gasteiger partial charge in [-0.15, -0.1) is 11.3 Å². The lowest BCUT2D eigenvalue weighted by Crippen LogP contribution is -2.41. The summed E-state index contributed by atoms with van der Waals surface area (Å²) >= 11 is 7.86. The van der Waals surface area contributed by atoms with Crippen LogP contribution in [0.2, 0.25) is 5.02 Å². The molecule has 0 aliphatic carbocycles. The van der Waals surface area contributed by atoms with E-state index in [2.05, 4.69) is 21.6 Å². The van der Waals surface area contributed by atoms with Gasteiger partial charge in [0, 0.05) is 16.4 Å². The molecule has 0 bridgehead atoms. The quantitative estimate of drug-likeness (QED) is 0.824. The van der Waals surface area contributed by atoms with E-state index >= 15 is 0 Å². The maximum Gasteiger partial charge on any atom is 0.315 e. The number of urea groups is 1. The van der Waals surface area contributed by atoms with Gasteiger partial charge >= 0.3 is 6.03 Å². The van der Waals surface area contributed by atoms with Gasteiger partial charge < -0.3 is 15.5 Å². The van der Waals surface area contributed by atoms with E-state index in [1.165, 1.54) is 4.88 Å². The molecule has 2 aromatic rings. The van der Waals surface area contributed by atoms with Crippen molar-refractivity contribution in [2.45, 2.75) is 19.0 Å². The molecule has 23 heavy (non-hydrogen) atoms. The fourth-order valence-corrected chi connectivity index (χ4v) is 3.58. The fraction of sp³-hybridized carbons (Fsp3) is 0.353. The van der Waals surface area contributed by atoms with Crippen molar-refractivity contribution in [2.24, 2.45) is 0 Å². The number of thiophene rings is 1. The third-order valence-electron chi connectivity index (χ3n) is 3.67. The Bertz CT molecular complexity index is 631. The van der Waals surface area contributed by atoms with Gasteiger partial charge in [-0.05, 0) is 44.1 Å². The second kappa shape index (κ2) is 8.34. The summed E-state index contributed by atoms with van der Waals surface area (Å²) in [5, 5.41) is 8.58. The molecule has 2 rings (SSSR count). The van der Waals surface area contributed by atoms with Crippen LogP contribution in [0, 0.1) is 0 Å². The average Bonchev–Trinajstić information content (AvgIpc) is 3.01. The van der Waals surface area contributed by atoms with Crippen LogP contribution >= 0.6 is 22.9 Å². The van der Waals surface area contributed by atoms with Crippen LogP contribution in [0.4, 0.5) is 4.79 Å². The third kappa shape index (κ3) is 4.96. The van der Waals surface area contributed by atoms with Gasteiger partial charge in [-0.25, -0.2) is 4.79 Å². The van der Waals surface area contributed by atoms with Crippen molar-refractivity contribution in [3.05, 3.63) is 57.2 Å². The summed E-state index contributed by atoms with van der Waals surface area (Å²) in [5.74, 6) is 0. The van der Waals surface area contributed by atoms with Crippen molar-refractivity contribution in [1.29, 1.82) is 0 Å².